The van der Waals surface area contributed by atoms with E-state index in [0.29, 0.717) is 13.2 Å². The number of methoxy groups -OCH3 is 1. The van der Waals surface area contributed by atoms with E-state index in [4.69, 9.17) is 10.5 Å². The second-order valence-corrected chi connectivity index (χ2v) is 3.39. The highest BCUT2D eigenvalue weighted by atomic mass is 16.5. The molecule has 6 nitrogen and oxygen atoms in total. The number of carbonyl (C=O) groups excluding carboxylic acids is 2. The van der Waals surface area contributed by atoms with Crippen LogP contribution in [-0.2, 0) is 14.3 Å². The van der Waals surface area contributed by atoms with Gasteiger partial charge in [0.1, 0.15) is 0 Å². The molecule has 88 valence electrons. The lowest BCUT2D eigenvalue weighted by atomic mass is 10.2. The summed E-state index contributed by atoms with van der Waals surface area (Å²) >= 11 is 0. The van der Waals surface area contributed by atoms with Crippen molar-refractivity contribution >= 4 is 11.8 Å². The van der Waals surface area contributed by atoms with Gasteiger partial charge in [0.2, 0.25) is 11.8 Å². The minimum atomic E-state index is -0.630. The Kier molecular flexibility index (Phi) is 6.64. The molecule has 0 aromatic rings. The van der Waals surface area contributed by atoms with E-state index in [1.165, 1.54) is 4.90 Å². The number of primary amides is 1. The smallest absolute Gasteiger partial charge is 0.235 e. The number of rotatable bonds is 7. The zero-order valence-electron chi connectivity index (χ0n) is 9.45. The Hall–Kier alpha value is -1.14. The predicted octanol–water partition coefficient (Wildman–Crippen LogP) is -1.45. The Morgan fingerprint density at radius 2 is 2.07 bits per heavy atom. The van der Waals surface area contributed by atoms with Gasteiger partial charge in [-0.25, -0.2) is 0 Å². The van der Waals surface area contributed by atoms with Crippen molar-refractivity contribution in [2.45, 2.75) is 12.5 Å². The van der Waals surface area contributed by atoms with Gasteiger partial charge in [0, 0.05) is 27.7 Å². The molecule has 0 fully saturated rings. The number of ether oxygens (including phenoxy) is 1. The van der Waals surface area contributed by atoms with Crippen LogP contribution < -0.4 is 11.1 Å². The van der Waals surface area contributed by atoms with E-state index in [9.17, 15) is 9.59 Å². The van der Waals surface area contributed by atoms with Crippen LogP contribution in [0.3, 0.4) is 0 Å². The summed E-state index contributed by atoms with van der Waals surface area (Å²) in [5, 5.41) is 2.86. The topological polar surface area (TPSA) is 84.7 Å². The van der Waals surface area contributed by atoms with Crippen LogP contribution in [0.25, 0.3) is 0 Å². The maximum absolute atomic E-state index is 11.3. The van der Waals surface area contributed by atoms with Crippen molar-refractivity contribution in [2.75, 3.05) is 34.4 Å². The number of nitrogens with zero attached hydrogens (tertiary/aromatic N) is 1. The van der Waals surface area contributed by atoms with Crippen molar-refractivity contribution in [3.8, 4) is 0 Å². The van der Waals surface area contributed by atoms with Gasteiger partial charge in [0.25, 0.3) is 0 Å². The molecule has 6 heteroatoms. The summed E-state index contributed by atoms with van der Waals surface area (Å²) < 4.78 is 4.81. The monoisotopic (exact) mass is 217 g/mol. The Morgan fingerprint density at radius 1 is 1.47 bits per heavy atom. The van der Waals surface area contributed by atoms with Crippen LogP contribution in [0.15, 0.2) is 0 Å². The molecule has 0 aliphatic carbocycles. The molecular formula is C9H19N3O3. The largest absolute Gasteiger partial charge is 0.383 e. The maximum Gasteiger partial charge on any atom is 0.235 e. The van der Waals surface area contributed by atoms with Crippen molar-refractivity contribution < 1.29 is 14.3 Å². The van der Waals surface area contributed by atoms with E-state index in [-0.39, 0.29) is 12.3 Å². The molecule has 0 aromatic heterocycles. The van der Waals surface area contributed by atoms with Crippen LogP contribution >= 0.6 is 0 Å². The van der Waals surface area contributed by atoms with Gasteiger partial charge in [-0.2, -0.15) is 0 Å². The Balaban J connectivity index is 4.05. The predicted molar refractivity (Wildman–Crippen MR) is 56.2 cm³/mol. The third kappa shape index (κ3) is 6.03. The third-order valence-corrected chi connectivity index (χ3v) is 1.92. The van der Waals surface area contributed by atoms with Gasteiger partial charge in [-0.05, 0) is 0 Å². The number of nitrogens with one attached hydrogen (secondary N) is 1. The first-order chi connectivity index (χ1) is 6.99. The molecule has 0 aliphatic rings. The number of hydrogen-bond donors (Lipinski definition) is 2. The minimum Gasteiger partial charge on any atom is -0.383 e. The first kappa shape index (κ1) is 13.9. The van der Waals surface area contributed by atoms with Gasteiger partial charge in [-0.3, -0.25) is 9.59 Å². The average molecular weight is 217 g/mol. The Morgan fingerprint density at radius 3 is 2.47 bits per heavy atom. The molecule has 0 rings (SSSR count). The lowest BCUT2D eigenvalue weighted by molar-refractivity contribution is -0.132. The number of hydrogen-bond acceptors (Lipinski definition) is 4. The quantitative estimate of drug-likeness (QED) is 0.511. The summed E-state index contributed by atoms with van der Waals surface area (Å²) in [5.74, 6) is -0.662. The van der Waals surface area contributed by atoms with Gasteiger partial charge < -0.3 is 20.7 Å². The van der Waals surface area contributed by atoms with Crippen molar-refractivity contribution in [3.63, 3.8) is 0 Å². The Labute approximate surface area is 89.7 Å². The van der Waals surface area contributed by atoms with Crippen molar-refractivity contribution in [1.29, 1.82) is 0 Å². The van der Waals surface area contributed by atoms with Gasteiger partial charge >= 0.3 is 0 Å². The standard InChI is InChI=1S/C9H19N3O3/c1-12(2)8(13)6-7(9(10)14)11-4-5-15-3/h7,11H,4-6H2,1-3H3,(H2,10,14). The van der Waals surface area contributed by atoms with Crippen LogP contribution in [0.4, 0.5) is 0 Å². The molecular weight excluding hydrogens is 198 g/mol. The van der Waals surface area contributed by atoms with E-state index in [1.807, 2.05) is 0 Å². The van der Waals surface area contributed by atoms with E-state index >= 15 is 0 Å². The summed E-state index contributed by atoms with van der Waals surface area (Å²) in [4.78, 5) is 23.8. The highest BCUT2D eigenvalue weighted by Gasteiger charge is 2.19. The highest BCUT2D eigenvalue weighted by Crippen LogP contribution is 1.95. The molecule has 0 radical (unpaired) electrons. The lowest BCUT2D eigenvalue weighted by Gasteiger charge is -2.17. The second-order valence-electron chi connectivity index (χ2n) is 3.39. The molecule has 0 heterocycles. The summed E-state index contributed by atoms with van der Waals surface area (Å²) in [5.41, 5.74) is 5.15. The van der Waals surface area contributed by atoms with Crippen LogP contribution in [0.2, 0.25) is 0 Å². The van der Waals surface area contributed by atoms with Crippen LogP contribution in [0, 0.1) is 0 Å². The van der Waals surface area contributed by atoms with E-state index in [1.54, 1.807) is 21.2 Å². The zero-order valence-corrected chi connectivity index (χ0v) is 9.45. The normalized spacial score (nSPS) is 12.2. The summed E-state index contributed by atoms with van der Waals surface area (Å²) in [7, 11) is 4.83. The summed E-state index contributed by atoms with van der Waals surface area (Å²) in [6, 6.07) is -0.630. The molecule has 0 aliphatic heterocycles. The summed E-state index contributed by atoms with van der Waals surface area (Å²) in [6.07, 6.45) is 0.0754. The first-order valence-corrected chi connectivity index (χ1v) is 4.70. The number of carbonyl (C=O) groups is 2. The number of nitrogens with two attached hydrogens (primary N) is 1. The fourth-order valence-corrected chi connectivity index (χ4v) is 0.966. The molecule has 1 atom stereocenters. The molecule has 0 spiro atoms. The maximum atomic E-state index is 11.3. The van der Waals surface area contributed by atoms with E-state index in [0.717, 1.165) is 0 Å². The molecule has 0 saturated carbocycles. The SMILES string of the molecule is COCCNC(CC(=O)N(C)C)C(N)=O. The van der Waals surface area contributed by atoms with Gasteiger partial charge in [-0.15, -0.1) is 0 Å². The van der Waals surface area contributed by atoms with Crippen molar-refractivity contribution in [2.24, 2.45) is 5.73 Å². The van der Waals surface area contributed by atoms with Crippen molar-refractivity contribution in [3.05, 3.63) is 0 Å². The summed E-state index contributed by atoms with van der Waals surface area (Å²) in [6.45, 7) is 0.963. The fraction of sp³-hybridized carbons (Fsp3) is 0.778. The second kappa shape index (κ2) is 7.19. The average Bonchev–Trinajstić information content (AvgIpc) is 2.15. The van der Waals surface area contributed by atoms with Gasteiger partial charge in [-0.1, -0.05) is 0 Å². The van der Waals surface area contributed by atoms with E-state index in [2.05, 4.69) is 5.32 Å². The zero-order chi connectivity index (χ0) is 11.8. The fourth-order valence-electron chi connectivity index (χ4n) is 0.966. The molecule has 1 unspecified atom stereocenters. The number of amides is 2. The van der Waals surface area contributed by atoms with Crippen LogP contribution in [0.5, 0.6) is 0 Å². The molecule has 2 amide bonds. The highest BCUT2D eigenvalue weighted by molar-refractivity contribution is 5.87. The molecule has 0 aromatic carbocycles. The third-order valence-electron chi connectivity index (χ3n) is 1.92. The van der Waals surface area contributed by atoms with Gasteiger partial charge in [0.05, 0.1) is 19.1 Å². The lowest BCUT2D eigenvalue weighted by Crippen LogP contribution is -2.45. The molecule has 3 N–H and O–H groups in total. The van der Waals surface area contributed by atoms with Gasteiger partial charge in [0.15, 0.2) is 0 Å². The van der Waals surface area contributed by atoms with Crippen molar-refractivity contribution in [1.82, 2.24) is 10.2 Å². The molecule has 0 saturated heterocycles. The first-order valence-electron chi connectivity index (χ1n) is 4.70. The van der Waals surface area contributed by atoms with E-state index < -0.39 is 11.9 Å². The molecule has 15 heavy (non-hydrogen) atoms. The van der Waals surface area contributed by atoms with Crippen LogP contribution in [-0.4, -0.2) is 57.1 Å². The molecule has 0 bridgehead atoms. The minimum absolute atomic E-state index is 0.0754. The Bertz CT molecular complexity index is 219. The van der Waals surface area contributed by atoms with Crippen LogP contribution in [0.1, 0.15) is 6.42 Å².